The molecule has 3 atom stereocenters. The lowest BCUT2D eigenvalue weighted by atomic mass is 9.82. The van der Waals surface area contributed by atoms with Gasteiger partial charge in [0.15, 0.2) is 0 Å². The Hall–Kier alpha value is -1.81. The molecule has 3 rings (SSSR count). The van der Waals surface area contributed by atoms with Crippen molar-refractivity contribution in [3.05, 3.63) is 35.4 Å². The second-order valence-corrected chi connectivity index (χ2v) is 10.1. The molecule has 1 aromatic rings. The molecule has 35 heavy (non-hydrogen) atoms. The quantitative estimate of drug-likeness (QED) is 0.363. The number of piperidine rings is 1. The number of aliphatic hydroxyl groups is 1. The van der Waals surface area contributed by atoms with Crippen LogP contribution in [0.3, 0.4) is 0 Å². The maximum atomic E-state index is 13.1. The van der Waals surface area contributed by atoms with Gasteiger partial charge in [-0.05, 0) is 75.1 Å². The number of carboxylic acid groups (broad SMARTS) is 1. The number of hydrogen-bond donors (Lipinski definition) is 2. The van der Waals surface area contributed by atoms with Crippen LogP contribution in [0.1, 0.15) is 87.8 Å². The Morgan fingerprint density at radius 2 is 1.69 bits per heavy atom. The minimum absolute atomic E-state index is 0.0993. The second-order valence-electron chi connectivity index (χ2n) is 10.1. The van der Waals surface area contributed by atoms with Crippen molar-refractivity contribution in [3.8, 4) is 0 Å². The molecule has 1 aliphatic carbocycles. The van der Waals surface area contributed by atoms with Crippen LogP contribution >= 0.6 is 0 Å². The highest BCUT2D eigenvalue weighted by Gasteiger charge is 2.39. The van der Waals surface area contributed by atoms with Gasteiger partial charge in [0, 0.05) is 24.9 Å². The summed E-state index contributed by atoms with van der Waals surface area (Å²) in [5, 5.41) is 20.0. The van der Waals surface area contributed by atoms with Gasteiger partial charge in [-0.3, -0.25) is 9.69 Å². The Kier molecular flexibility index (Phi) is 8.78. The van der Waals surface area contributed by atoms with Crippen LogP contribution in [0.5, 0.6) is 0 Å². The first-order valence-corrected chi connectivity index (χ1v) is 12.2. The van der Waals surface area contributed by atoms with Gasteiger partial charge in [0.05, 0.1) is 11.2 Å². The predicted molar refractivity (Wildman–Crippen MR) is 118 cm³/mol. The fraction of sp³-hybridized carbons (Fsp3) is 0.720. The molecule has 1 saturated carbocycles. The van der Waals surface area contributed by atoms with Crippen molar-refractivity contribution in [1.82, 2.24) is 4.90 Å². The summed E-state index contributed by atoms with van der Waals surface area (Å²) in [4.78, 5) is 13.2. The molecule has 2 unspecified atom stereocenters. The summed E-state index contributed by atoms with van der Waals surface area (Å²) in [6.07, 6.45) is -5.64. The minimum Gasteiger partial charge on any atom is -0.481 e. The van der Waals surface area contributed by atoms with E-state index in [-0.39, 0.29) is 18.8 Å². The SMILES string of the molecule is O=C(O)CC1CCN([C@@H](CCC(F)(F)F)CCC2(O)CCCC2)C(c2ccc(C(F)(F)F)cc2)C1. The number of halogens is 6. The van der Waals surface area contributed by atoms with Crippen LogP contribution < -0.4 is 0 Å². The van der Waals surface area contributed by atoms with E-state index in [1.54, 1.807) is 0 Å². The maximum Gasteiger partial charge on any atom is 0.416 e. The molecule has 1 aromatic carbocycles. The third-order valence-corrected chi connectivity index (χ3v) is 7.55. The van der Waals surface area contributed by atoms with Gasteiger partial charge in [0.1, 0.15) is 0 Å². The van der Waals surface area contributed by atoms with Gasteiger partial charge in [0.2, 0.25) is 0 Å². The molecule has 0 amide bonds. The monoisotopic (exact) mass is 509 g/mol. The maximum absolute atomic E-state index is 13.1. The van der Waals surface area contributed by atoms with Gasteiger partial charge in [-0.1, -0.05) is 25.0 Å². The van der Waals surface area contributed by atoms with Crippen LogP contribution in [-0.2, 0) is 11.0 Å². The molecule has 10 heteroatoms. The van der Waals surface area contributed by atoms with Crippen molar-refractivity contribution >= 4 is 5.97 Å². The highest BCUT2D eigenvalue weighted by atomic mass is 19.4. The highest BCUT2D eigenvalue weighted by molar-refractivity contribution is 5.67. The van der Waals surface area contributed by atoms with Gasteiger partial charge in [-0.15, -0.1) is 0 Å². The van der Waals surface area contributed by atoms with E-state index in [2.05, 4.69) is 0 Å². The lowest BCUT2D eigenvalue weighted by Gasteiger charge is -2.45. The molecule has 198 valence electrons. The Labute approximate surface area is 201 Å². The van der Waals surface area contributed by atoms with Crippen LogP contribution in [0.4, 0.5) is 26.3 Å². The number of hydrogen-bond acceptors (Lipinski definition) is 3. The molecular formula is C25H33F6NO3. The lowest BCUT2D eigenvalue weighted by molar-refractivity contribution is -0.142. The van der Waals surface area contributed by atoms with Gasteiger partial charge in [-0.2, -0.15) is 26.3 Å². The molecule has 2 aliphatic rings. The number of carboxylic acids is 1. The molecule has 1 saturated heterocycles. The number of nitrogens with zero attached hydrogens (tertiary/aromatic N) is 1. The molecule has 0 spiro atoms. The molecule has 1 heterocycles. The van der Waals surface area contributed by atoms with Crippen molar-refractivity contribution in [2.45, 2.75) is 101 Å². The summed E-state index contributed by atoms with van der Waals surface area (Å²) in [7, 11) is 0. The summed E-state index contributed by atoms with van der Waals surface area (Å²) >= 11 is 0. The van der Waals surface area contributed by atoms with E-state index in [1.807, 2.05) is 4.90 Å². The molecule has 1 aliphatic heterocycles. The summed E-state index contributed by atoms with van der Waals surface area (Å²) in [5.41, 5.74) is -1.17. The number of likely N-dealkylation sites (tertiary alicyclic amines) is 1. The number of benzene rings is 1. The topological polar surface area (TPSA) is 60.8 Å². The number of carbonyl (C=O) groups is 1. The fourth-order valence-corrected chi connectivity index (χ4v) is 5.67. The second kappa shape index (κ2) is 11.1. The van der Waals surface area contributed by atoms with Crippen molar-refractivity contribution < 1.29 is 41.4 Å². The van der Waals surface area contributed by atoms with Crippen molar-refractivity contribution in [3.63, 3.8) is 0 Å². The Morgan fingerprint density at radius 3 is 2.23 bits per heavy atom. The van der Waals surface area contributed by atoms with E-state index < -0.39 is 48.0 Å². The summed E-state index contributed by atoms with van der Waals surface area (Å²) < 4.78 is 78.6. The molecule has 0 bridgehead atoms. The van der Waals surface area contributed by atoms with Gasteiger partial charge < -0.3 is 10.2 Å². The number of rotatable bonds is 9. The van der Waals surface area contributed by atoms with Gasteiger partial charge in [0.25, 0.3) is 0 Å². The van der Waals surface area contributed by atoms with E-state index in [0.29, 0.717) is 50.6 Å². The van der Waals surface area contributed by atoms with E-state index >= 15 is 0 Å². The minimum atomic E-state index is -4.51. The Morgan fingerprint density at radius 1 is 1.06 bits per heavy atom. The van der Waals surface area contributed by atoms with Crippen molar-refractivity contribution in [2.75, 3.05) is 6.54 Å². The first kappa shape index (κ1) is 27.8. The van der Waals surface area contributed by atoms with Crippen molar-refractivity contribution in [2.24, 2.45) is 5.92 Å². The van der Waals surface area contributed by atoms with E-state index in [1.165, 1.54) is 12.1 Å². The van der Waals surface area contributed by atoms with Gasteiger partial charge in [-0.25, -0.2) is 0 Å². The average molecular weight is 510 g/mol. The van der Waals surface area contributed by atoms with Crippen molar-refractivity contribution in [1.29, 1.82) is 0 Å². The van der Waals surface area contributed by atoms with Crippen LogP contribution in [0.25, 0.3) is 0 Å². The normalized spacial score (nSPS) is 24.4. The Bertz CT molecular complexity index is 833. The number of alkyl halides is 6. The Balaban J connectivity index is 1.86. The smallest absolute Gasteiger partial charge is 0.416 e. The standard InChI is InChI=1S/C25H33F6NO3/c26-24(27,28)13-8-20(7-12-23(35)10-1-2-11-23)32-14-9-17(16-22(33)34)15-21(32)18-3-5-19(6-4-18)25(29,30)31/h3-6,17,20-21,35H,1-2,7-16H2,(H,33,34)/t17?,20-,21?/m1/s1. The molecule has 0 aromatic heterocycles. The van der Waals surface area contributed by atoms with Crippen LogP contribution in [0.15, 0.2) is 24.3 Å². The summed E-state index contributed by atoms with van der Waals surface area (Å²) in [5.74, 6) is -1.20. The largest absolute Gasteiger partial charge is 0.481 e. The summed E-state index contributed by atoms with van der Waals surface area (Å²) in [6, 6.07) is 3.58. The predicted octanol–water partition coefficient (Wildman–Crippen LogP) is 6.73. The van der Waals surface area contributed by atoms with E-state index in [4.69, 9.17) is 0 Å². The fourth-order valence-electron chi connectivity index (χ4n) is 5.67. The van der Waals surface area contributed by atoms with Gasteiger partial charge >= 0.3 is 18.3 Å². The molecule has 0 radical (unpaired) electrons. The third-order valence-electron chi connectivity index (χ3n) is 7.55. The first-order chi connectivity index (χ1) is 16.3. The van der Waals surface area contributed by atoms with Crippen LogP contribution in [0, 0.1) is 5.92 Å². The lowest BCUT2D eigenvalue weighted by Crippen LogP contribution is -2.45. The zero-order valence-corrected chi connectivity index (χ0v) is 19.5. The molecule has 2 fully saturated rings. The van der Waals surface area contributed by atoms with Crippen LogP contribution in [0.2, 0.25) is 0 Å². The van der Waals surface area contributed by atoms with E-state index in [9.17, 15) is 41.4 Å². The highest BCUT2D eigenvalue weighted by Crippen LogP contribution is 2.42. The first-order valence-electron chi connectivity index (χ1n) is 12.2. The molecule has 4 nitrogen and oxygen atoms in total. The third kappa shape index (κ3) is 8.10. The zero-order chi connectivity index (χ0) is 25.9. The average Bonchev–Trinajstić information content (AvgIpc) is 3.19. The van der Waals surface area contributed by atoms with Crippen LogP contribution in [-0.4, -0.2) is 45.4 Å². The number of aliphatic carboxylic acids is 1. The molecule has 2 N–H and O–H groups in total. The van der Waals surface area contributed by atoms with E-state index in [0.717, 1.165) is 25.0 Å². The summed E-state index contributed by atoms with van der Waals surface area (Å²) in [6.45, 7) is 0.352. The zero-order valence-electron chi connectivity index (χ0n) is 19.5. The molecular weight excluding hydrogens is 476 g/mol.